The fourth-order valence-corrected chi connectivity index (χ4v) is 3.90. The van der Waals surface area contributed by atoms with Crippen molar-refractivity contribution in [2.45, 2.75) is 25.0 Å². The quantitative estimate of drug-likeness (QED) is 0.448. The van der Waals surface area contributed by atoms with Crippen LogP contribution in [0.25, 0.3) is 5.52 Å². The highest BCUT2D eigenvalue weighted by atomic mass is 19.4. The molecule has 4 aromatic rings. The van der Waals surface area contributed by atoms with E-state index in [4.69, 9.17) is 0 Å². The third kappa shape index (κ3) is 3.94. The van der Waals surface area contributed by atoms with Gasteiger partial charge in [0.2, 0.25) is 0 Å². The predicted octanol–water partition coefficient (Wildman–Crippen LogP) is 4.52. The van der Waals surface area contributed by atoms with Gasteiger partial charge in [-0.3, -0.25) is 0 Å². The number of aromatic amines is 1. The van der Waals surface area contributed by atoms with E-state index in [1.54, 1.807) is 4.90 Å². The van der Waals surface area contributed by atoms with Crippen molar-refractivity contribution in [1.29, 1.82) is 0 Å². The Morgan fingerprint density at radius 1 is 1.06 bits per heavy atom. The molecule has 0 spiro atoms. The molecule has 0 amide bonds. The van der Waals surface area contributed by atoms with Gasteiger partial charge in [0, 0.05) is 31.1 Å². The van der Waals surface area contributed by atoms with Crippen LogP contribution in [0.3, 0.4) is 0 Å². The molecule has 0 bridgehead atoms. The third-order valence-electron chi connectivity index (χ3n) is 5.28. The summed E-state index contributed by atoms with van der Waals surface area (Å²) in [6.07, 6.45) is -5.20. The molecule has 0 aliphatic carbocycles. The smallest absolute Gasteiger partial charge is 0.403 e. The molecule has 0 unspecified atom stereocenters. The number of alkyl halides is 6. The largest absolute Gasteiger partial charge is 0.573 e. The third-order valence-corrected chi connectivity index (χ3v) is 5.28. The second kappa shape index (κ2) is 7.39. The van der Waals surface area contributed by atoms with Crippen LogP contribution >= 0.6 is 0 Å². The van der Waals surface area contributed by atoms with Gasteiger partial charge < -0.3 is 14.6 Å². The summed E-state index contributed by atoms with van der Waals surface area (Å²) in [6, 6.07) is 5.46. The number of imidazole rings is 1. The number of ether oxygens (including phenoxy) is 1. The van der Waals surface area contributed by atoms with Crippen LogP contribution in [0.1, 0.15) is 28.7 Å². The van der Waals surface area contributed by atoms with Crippen molar-refractivity contribution >= 4 is 11.3 Å². The summed E-state index contributed by atoms with van der Waals surface area (Å²) in [4.78, 5) is 13.1. The molecule has 0 fully saturated rings. The van der Waals surface area contributed by atoms with Crippen LogP contribution in [-0.2, 0) is 12.6 Å². The lowest BCUT2D eigenvalue weighted by molar-refractivity contribution is -0.274. The van der Waals surface area contributed by atoms with Crippen molar-refractivity contribution in [3.8, 4) is 5.75 Å². The number of pyridine rings is 2. The number of halogens is 6. The van der Waals surface area contributed by atoms with Crippen molar-refractivity contribution in [3.05, 3.63) is 71.7 Å². The van der Waals surface area contributed by atoms with Gasteiger partial charge in [0.15, 0.2) is 5.75 Å². The van der Waals surface area contributed by atoms with Crippen LogP contribution in [0, 0.1) is 0 Å². The van der Waals surface area contributed by atoms with Gasteiger partial charge in [0.1, 0.15) is 17.4 Å². The van der Waals surface area contributed by atoms with Crippen molar-refractivity contribution in [2.24, 2.45) is 0 Å². The zero-order valence-corrected chi connectivity index (χ0v) is 16.5. The standard InChI is InChI=1S/C20H14F6N6O/c21-19(22,23)11-3-4-16(27-9-11)31-7-5-12-17(29-10-28-12)18(31)13-8-14-15(33-20(24,25)26)2-1-6-32(14)30-13/h1-4,6,8-10,18H,5,7H2,(H,28,29)/t18-/m1/s1. The first kappa shape index (κ1) is 21.1. The molecule has 13 heteroatoms. The maximum absolute atomic E-state index is 13.0. The van der Waals surface area contributed by atoms with Gasteiger partial charge >= 0.3 is 12.5 Å². The fraction of sp³-hybridized carbons (Fsp3) is 0.250. The van der Waals surface area contributed by atoms with Crippen LogP contribution in [0.15, 0.2) is 49.1 Å². The number of aromatic nitrogens is 5. The molecular formula is C20H14F6N6O. The van der Waals surface area contributed by atoms with Crippen LogP contribution < -0.4 is 9.64 Å². The first-order chi connectivity index (χ1) is 15.6. The summed E-state index contributed by atoms with van der Waals surface area (Å²) < 4.78 is 82.7. The number of anilines is 1. The number of H-pyrrole nitrogens is 1. The molecule has 1 aliphatic rings. The first-order valence-corrected chi connectivity index (χ1v) is 9.66. The number of nitrogens with zero attached hydrogens (tertiary/aromatic N) is 5. The molecule has 7 nitrogen and oxygen atoms in total. The minimum absolute atomic E-state index is 0.0767. The molecule has 0 aromatic carbocycles. The maximum Gasteiger partial charge on any atom is 0.573 e. The van der Waals surface area contributed by atoms with E-state index < -0.39 is 29.9 Å². The molecule has 1 N–H and O–H groups in total. The van der Waals surface area contributed by atoms with Crippen LogP contribution in [0.2, 0.25) is 0 Å². The molecule has 1 aliphatic heterocycles. The molecule has 172 valence electrons. The van der Waals surface area contributed by atoms with Gasteiger partial charge in [-0.25, -0.2) is 14.5 Å². The minimum atomic E-state index is -4.89. The van der Waals surface area contributed by atoms with E-state index in [1.807, 2.05) is 0 Å². The van der Waals surface area contributed by atoms with Gasteiger partial charge in [-0.1, -0.05) is 0 Å². The maximum atomic E-state index is 13.0. The highest BCUT2D eigenvalue weighted by Gasteiger charge is 2.36. The summed E-state index contributed by atoms with van der Waals surface area (Å²) in [5, 5.41) is 4.40. The van der Waals surface area contributed by atoms with Crippen molar-refractivity contribution in [3.63, 3.8) is 0 Å². The summed E-state index contributed by atoms with van der Waals surface area (Å²) in [5.74, 6) is -0.175. The fourth-order valence-electron chi connectivity index (χ4n) is 3.90. The Bertz CT molecular complexity index is 1290. The van der Waals surface area contributed by atoms with Gasteiger partial charge in [-0.05, 0) is 30.3 Å². The SMILES string of the molecule is FC(F)(F)Oc1cccn2nc([C@@H]3c4nc[nH]c4CCN3c3ccc(C(F)(F)F)cn3)cc12. The number of nitrogens with one attached hydrogen (secondary N) is 1. The highest BCUT2D eigenvalue weighted by molar-refractivity contribution is 5.62. The van der Waals surface area contributed by atoms with E-state index in [-0.39, 0.29) is 11.3 Å². The Morgan fingerprint density at radius 3 is 2.58 bits per heavy atom. The van der Waals surface area contributed by atoms with E-state index in [2.05, 4.69) is 24.8 Å². The van der Waals surface area contributed by atoms with Gasteiger partial charge in [-0.2, -0.15) is 18.3 Å². The average molecular weight is 468 g/mol. The van der Waals surface area contributed by atoms with Crippen LogP contribution in [-0.4, -0.2) is 37.5 Å². The molecule has 1 atom stereocenters. The molecule has 0 saturated heterocycles. The van der Waals surface area contributed by atoms with Gasteiger partial charge in [0.25, 0.3) is 0 Å². The summed E-state index contributed by atoms with van der Waals surface area (Å²) in [7, 11) is 0. The van der Waals surface area contributed by atoms with Crippen molar-refractivity contribution < 1.29 is 31.1 Å². The Balaban J connectivity index is 1.59. The molecular weight excluding hydrogens is 454 g/mol. The number of hydrogen-bond acceptors (Lipinski definition) is 5. The Kier molecular flexibility index (Phi) is 4.72. The topological polar surface area (TPSA) is 71.3 Å². The van der Waals surface area contributed by atoms with E-state index >= 15 is 0 Å². The lowest BCUT2D eigenvalue weighted by Crippen LogP contribution is -2.37. The Labute approximate surface area is 181 Å². The summed E-state index contributed by atoms with van der Waals surface area (Å²) >= 11 is 0. The average Bonchev–Trinajstić information content (AvgIpc) is 3.39. The summed E-state index contributed by atoms with van der Waals surface area (Å²) in [5.41, 5.74) is 0.884. The molecule has 0 radical (unpaired) electrons. The predicted molar refractivity (Wildman–Crippen MR) is 103 cm³/mol. The van der Waals surface area contributed by atoms with Crippen LogP contribution in [0.4, 0.5) is 32.2 Å². The minimum Gasteiger partial charge on any atom is -0.403 e. The van der Waals surface area contributed by atoms with Crippen molar-refractivity contribution in [1.82, 2.24) is 24.6 Å². The van der Waals surface area contributed by atoms with Crippen LogP contribution in [0.5, 0.6) is 5.75 Å². The van der Waals surface area contributed by atoms with E-state index in [0.29, 0.717) is 24.4 Å². The van der Waals surface area contributed by atoms with E-state index in [0.717, 1.165) is 18.0 Å². The number of hydrogen-bond donors (Lipinski definition) is 1. The first-order valence-electron chi connectivity index (χ1n) is 9.66. The molecule has 5 heterocycles. The molecule has 33 heavy (non-hydrogen) atoms. The zero-order chi connectivity index (χ0) is 23.4. The van der Waals surface area contributed by atoms with Gasteiger partial charge in [0.05, 0.1) is 23.3 Å². The summed E-state index contributed by atoms with van der Waals surface area (Å²) in [6.45, 7) is 0.373. The van der Waals surface area contributed by atoms with E-state index in [1.165, 1.54) is 41.3 Å². The normalized spacial score (nSPS) is 16.8. The van der Waals surface area contributed by atoms with Crippen molar-refractivity contribution in [2.75, 3.05) is 11.4 Å². The van der Waals surface area contributed by atoms with Gasteiger partial charge in [-0.15, -0.1) is 13.2 Å². The molecule has 0 saturated carbocycles. The number of rotatable bonds is 3. The molecule has 4 aromatic heterocycles. The molecule has 5 rings (SSSR count). The second-order valence-electron chi connectivity index (χ2n) is 7.33. The Hall–Kier alpha value is -3.77. The van der Waals surface area contributed by atoms with E-state index in [9.17, 15) is 26.3 Å². The number of fused-ring (bicyclic) bond motifs is 2. The Morgan fingerprint density at radius 2 is 1.88 bits per heavy atom. The lowest BCUT2D eigenvalue weighted by atomic mass is 9.99. The highest BCUT2D eigenvalue weighted by Crippen LogP contribution is 2.38. The monoisotopic (exact) mass is 468 g/mol. The lowest BCUT2D eigenvalue weighted by Gasteiger charge is -2.34. The second-order valence-corrected chi connectivity index (χ2v) is 7.33. The zero-order valence-electron chi connectivity index (χ0n) is 16.5.